The molecule has 0 aromatic carbocycles. The number of quaternary nitrogens is 1. The average molecular weight is 304 g/mol. The first kappa shape index (κ1) is 20.1. The number of carboxylic acid groups (broad SMARTS) is 1. The molecule has 0 fully saturated rings. The average Bonchev–Trinajstić information content (AvgIpc) is 2.49. The van der Waals surface area contributed by atoms with Crippen LogP contribution in [0.2, 0.25) is 0 Å². The minimum Gasteiger partial charge on any atom is -0.477 e. The zero-order valence-electron chi connectivity index (χ0n) is 13.2. The van der Waals surface area contributed by atoms with E-state index >= 15 is 0 Å². The molecule has 0 bridgehead atoms. The largest absolute Gasteiger partial charge is 0.477 e. The quantitative estimate of drug-likeness (QED) is 0.207. The fourth-order valence-electron chi connectivity index (χ4n) is 1.91. The molecular weight excluding hydrogens is 274 g/mol. The van der Waals surface area contributed by atoms with Crippen molar-refractivity contribution in [2.24, 2.45) is 0 Å². The number of aliphatic carboxylic acids is 1. The molecule has 0 heterocycles. The third-order valence-corrected chi connectivity index (χ3v) is 3.70. The van der Waals surface area contributed by atoms with Crippen molar-refractivity contribution in [2.75, 3.05) is 33.2 Å². The minimum atomic E-state index is -1.04. The summed E-state index contributed by atoms with van der Waals surface area (Å²) in [6.45, 7) is 3.95. The lowest BCUT2D eigenvalue weighted by Gasteiger charge is -2.37. The van der Waals surface area contributed by atoms with Crippen LogP contribution in [-0.4, -0.2) is 65.0 Å². The minimum absolute atomic E-state index is 0.270. The predicted molar refractivity (Wildman–Crippen MR) is 80.5 cm³/mol. The van der Waals surface area contributed by atoms with Crippen molar-refractivity contribution in [2.45, 2.75) is 45.6 Å². The Morgan fingerprint density at radius 2 is 1.81 bits per heavy atom. The number of unbranched alkanes of at least 4 members (excludes halogenated alkanes) is 2. The van der Waals surface area contributed by atoms with E-state index in [-0.39, 0.29) is 11.0 Å². The molecule has 0 aliphatic heterocycles. The van der Waals surface area contributed by atoms with Crippen molar-refractivity contribution < 1.29 is 29.3 Å². The van der Waals surface area contributed by atoms with Gasteiger partial charge in [0.15, 0.2) is 19.5 Å². The van der Waals surface area contributed by atoms with Crippen LogP contribution in [0.15, 0.2) is 12.2 Å². The Hall–Kier alpha value is -0.950. The first-order chi connectivity index (χ1) is 10.0. The normalized spacial score (nSPS) is 13.7. The number of nitrogens with zero attached hydrogens (tertiary/aromatic N) is 1. The highest BCUT2D eigenvalue weighted by Crippen LogP contribution is 2.12. The highest BCUT2D eigenvalue weighted by atomic mass is 16.5. The van der Waals surface area contributed by atoms with E-state index in [1.54, 1.807) is 0 Å². The first-order valence-electron chi connectivity index (χ1n) is 7.57. The van der Waals surface area contributed by atoms with Gasteiger partial charge in [-0.1, -0.05) is 25.5 Å². The molecule has 0 aromatic heterocycles. The first-order valence-corrected chi connectivity index (χ1v) is 7.57. The maximum absolute atomic E-state index is 11.0. The molecule has 0 aromatic rings. The zero-order chi connectivity index (χ0) is 16.1. The van der Waals surface area contributed by atoms with Gasteiger partial charge in [0.1, 0.15) is 6.54 Å². The Balaban J connectivity index is 3.97. The van der Waals surface area contributed by atoms with Crippen LogP contribution in [-0.2, 0) is 9.53 Å². The summed E-state index contributed by atoms with van der Waals surface area (Å²) in [5.41, 5.74) is 0. The molecule has 0 aliphatic rings. The Morgan fingerprint density at radius 3 is 2.33 bits per heavy atom. The Bertz CT molecular complexity index is 302. The number of aliphatic hydroxyl groups excluding tert-OH is 2. The van der Waals surface area contributed by atoms with Crippen molar-refractivity contribution >= 4 is 5.97 Å². The summed E-state index contributed by atoms with van der Waals surface area (Å²) in [6.07, 6.45) is 8.42. The molecule has 21 heavy (non-hydrogen) atoms. The van der Waals surface area contributed by atoms with Gasteiger partial charge in [-0.05, 0) is 26.2 Å². The molecule has 1 atom stereocenters. The Morgan fingerprint density at radius 1 is 1.19 bits per heavy atom. The molecule has 0 saturated carbocycles. The second-order valence-corrected chi connectivity index (χ2v) is 5.25. The van der Waals surface area contributed by atoms with Gasteiger partial charge < -0.3 is 20.1 Å². The van der Waals surface area contributed by atoms with Crippen LogP contribution in [0.4, 0.5) is 0 Å². The molecule has 0 aliphatic carbocycles. The van der Waals surface area contributed by atoms with Gasteiger partial charge in [-0.2, -0.15) is 0 Å². The van der Waals surface area contributed by atoms with E-state index in [1.165, 1.54) is 6.92 Å². The summed E-state index contributed by atoms with van der Waals surface area (Å²) < 4.78 is 5.16. The van der Waals surface area contributed by atoms with Crippen LogP contribution >= 0.6 is 0 Å². The Kier molecular flexibility index (Phi) is 11.2. The van der Waals surface area contributed by atoms with Gasteiger partial charge in [-0.3, -0.25) is 4.48 Å². The van der Waals surface area contributed by atoms with Gasteiger partial charge in [-0.15, -0.1) is 0 Å². The number of aliphatic hydroxyl groups is 2. The van der Waals surface area contributed by atoms with Crippen LogP contribution in [0.25, 0.3) is 0 Å². The van der Waals surface area contributed by atoms with Crippen molar-refractivity contribution in [3.8, 4) is 0 Å². The van der Waals surface area contributed by atoms with Gasteiger partial charge in [-0.25, -0.2) is 4.79 Å². The lowest BCUT2D eigenvalue weighted by Crippen LogP contribution is -2.59. The third-order valence-electron chi connectivity index (χ3n) is 3.70. The number of hydrogen-bond donors (Lipinski definition) is 3. The van der Waals surface area contributed by atoms with Gasteiger partial charge in [0, 0.05) is 6.61 Å². The number of hydrogen-bond acceptors (Lipinski definition) is 4. The van der Waals surface area contributed by atoms with Gasteiger partial charge in [0.25, 0.3) is 0 Å². The van der Waals surface area contributed by atoms with Crippen LogP contribution in [0.3, 0.4) is 0 Å². The Labute approximate surface area is 127 Å². The van der Waals surface area contributed by atoms with Crippen LogP contribution in [0.1, 0.15) is 39.5 Å². The van der Waals surface area contributed by atoms with E-state index in [2.05, 4.69) is 19.1 Å². The lowest BCUT2D eigenvalue weighted by atomic mass is 10.2. The van der Waals surface area contributed by atoms with E-state index in [4.69, 9.17) is 9.84 Å². The maximum Gasteiger partial charge on any atom is 0.362 e. The molecule has 0 radical (unpaired) electrons. The molecule has 0 saturated heterocycles. The van der Waals surface area contributed by atoms with Gasteiger partial charge >= 0.3 is 5.97 Å². The fraction of sp³-hybridized carbons (Fsp3) is 0.800. The molecule has 0 amide bonds. The molecular formula is C15H30NO5+. The van der Waals surface area contributed by atoms with Crippen LogP contribution in [0.5, 0.6) is 0 Å². The summed E-state index contributed by atoms with van der Waals surface area (Å²) in [5.74, 6) is -1.04. The van der Waals surface area contributed by atoms with Crippen molar-refractivity contribution in [3.05, 3.63) is 12.2 Å². The number of carboxylic acids is 1. The van der Waals surface area contributed by atoms with E-state index in [1.807, 2.05) is 0 Å². The molecule has 0 rings (SSSR count). The third kappa shape index (κ3) is 7.57. The summed E-state index contributed by atoms with van der Waals surface area (Å²) in [6, 6.07) is -0.874. The standard InChI is InChI=1S/C15H29NO5/c1-3-4-5-6-7-8-10-21-11-9-16(12-17,13-18)14(2)15(19)20/h5-6,14,17-18H,3-4,7-13H2,1-2H3/p+1/b6-5+. The highest BCUT2D eigenvalue weighted by Gasteiger charge is 2.37. The summed E-state index contributed by atoms with van der Waals surface area (Å²) in [7, 11) is 0. The SMILES string of the molecule is CCC/C=C/CCCOCC[N+](CO)(CO)C(C)C(=O)O. The van der Waals surface area contributed by atoms with Gasteiger partial charge in [0.2, 0.25) is 0 Å². The molecule has 6 nitrogen and oxygen atoms in total. The number of ether oxygens (including phenoxy) is 1. The summed E-state index contributed by atoms with van der Waals surface area (Å²) in [5, 5.41) is 27.8. The van der Waals surface area contributed by atoms with Crippen molar-refractivity contribution in [1.29, 1.82) is 0 Å². The number of rotatable bonds is 13. The van der Waals surface area contributed by atoms with E-state index in [9.17, 15) is 15.0 Å². The molecule has 3 N–H and O–H groups in total. The van der Waals surface area contributed by atoms with Gasteiger partial charge in [0.05, 0.1) is 6.61 Å². The fourth-order valence-corrected chi connectivity index (χ4v) is 1.91. The van der Waals surface area contributed by atoms with Crippen molar-refractivity contribution in [3.63, 3.8) is 0 Å². The number of allylic oxidation sites excluding steroid dienone is 2. The second-order valence-electron chi connectivity index (χ2n) is 5.25. The predicted octanol–water partition coefficient (Wildman–Crippen LogP) is 1.33. The van der Waals surface area contributed by atoms with E-state index < -0.39 is 25.5 Å². The van der Waals surface area contributed by atoms with Crippen LogP contribution < -0.4 is 0 Å². The topological polar surface area (TPSA) is 87.0 Å². The van der Waals surface area contributed by atoms with E-state index in [0.717, 1.165) is 25.7 Å². The summed E-state index contributed by atoms with van der Waals surface area (Å²) >= 11 is 0. The smallest absolute Gasteiger partial charge is 0.362 e. The lowest BCUT2D eigenvalue weighted by molar-refractivity contribution is -0.974. The summed E-state index contributed by atoms with van der Waals surface area (Å²) in [4.78, 5) is 11.0. The second kappa shape index (κ2) is 11.7. The monoisotopic (exact) mass is 304 g/mol. The molecule has 1 unspecified atom stereocenters. The van der Waals surface area contributed by atoms with Crippen molar-refractivity contribution in [1.82, 2.24) is 0 Å². The van der Waals surface area contributed by atoms with E-state index in [0.29, 0.717) is 13.2 Å². The molecule has 6 heteroatoms. The maximum atomic E-state index is 11.0. The molecule has 0 spiro atoms. The zero-order valence-corrected chi connectivity index (χ0v) is 13.2. The molecule has 124 valence electrons. The highest BCUT2D eigenvalue weighted by molar-refractivity contribution is 5.71. The van der Waals surface area contributed by atoms with Crippen LogP contribution in [0, 0.1) is 0 Å². The number of carbonyl (C=O) groups is 1.